The van der Waals surface area contributed by atoms with E-state index in [9.17, 15) is 13.2 Å². The topological polar surface area (TPSA) is 79.4 Å². The summed E-state index contributed by atoms with van der Waals surface area (Å²) < 4.78 is 25.2. The van der Waals surface area contributed by atoms with Gasteiger partial charge in [0, 0.05) is 25.0 Å². The maximum absolute atomic E-state index is 12.3. The van der Waals surface area contributed by atoms with Crippen molar-refractivity contribution >= 4 is 32.7 Å². The smallest absolute Gasteiger partial charge is 0.256 e. The lowest BCUT2D eigenvalue weighted by molar-refractivity contribution is 0.102. The van der Waals surface area contributed by atoms with Crippen molar-refractivity contribution in [2.24, 2.45) is 0 Å². The number of benzene rings is 2. The second-order valence-electron chi connectivity index (χ2n) is 5.66. The van der Waals surface area contributed by atoms with Gasteiger partial charge in [-0.3, -0.25) is 4.79 Å². The molecule has 1 heterocycles. The zero-order chi connectivity index (χ0) is 18.0. The standard InChI is InChI=1S/C18H17N3O3S/c1-21(2)25(23,24)15-10-7-14(8-11-15)18(22)20-17-12-9-13-5-3-4-6-16(13)19-17/h3-12H,1-2H3,(H,19,20,22). The summed E-state index contributed by atoms with van der Waals surface area (Å²) in [6, 6.07) is 17.0. The van der Waals surface area contributed by atoms with E-state index < -0.39 is 10.0 Å². The van der Waals surface area contributed by atoms with E-state index in [2.05, 4.69) is 10.3 Å². The molecule has 0 aliphatic rings. The Labute approximate surface area is 146 Å². The van der Waals surface area contributed by atoms with E-state index in [-0.39, 0.29) is 10.8 Å². The molecule has 3 aromatic rings. The molecule has 0 fully saturated rings. The molecule has 7 heteroatoms. The van der Waals surface area contributed by atoms with Crippen molar-refractivity contribution in [1.29, 1.82) is 0 Å². The predicted octanol–water partition coefficient (Wildman–Crippen LogP) is 2.74. The number of fused-ring (bicyclic) bond motifs is 1. The number of sulfonamides is 1. The minimum Gasteiger partial charge on any atom is -0.307 e. The maximum Gasteiger partial charge on any atom is 0.256 e. The lowest BCUT2D eigenvalue weighted by Crippen LogP contribution is -2.22. The van der Waals surface area contributed by atoms with Crippen molar-refractivity contribution < 1.29 is 13.2 Å². The van der Waals surface area contributed by atoms with Gasteiger partial charge in [0.15, 0.2) is 0 Å². The van der Waals surface area contributed by atoms with E-state index in [4.69, 9.17) is 0 Å². The molecule has 0 aliphatic carbocycles. The van der Waals surface area contributed by atoms with E-state index in [1.54, 1.807) is 6.07 Å². The molecule has 0 saturated carbocycles. The van der Waals surface area contributed by atoms with Gasteiger partial charge < -0.3 is 5.32 Å². The molecule has 0 radical (unpaired) electrons. The first-order chi connectivity index (χ1) is 11.9. The molecule has 0 aliphatic heterocycles. The van der Waals surface area contributed by atoms with Crippen LogP contribution >= 0.6 is 0 Å². The molecular weight excluding hydrogens is 338 g/mol. The zero-order valence-corrected chi connectivity index (χ0v) is 14.6. The largest absolute Gasteiger partial charge is 0.307 e. The van der Waals surface area contributed by atoms with Gasteiger partial charge in [-0.25, -0.2) is 17.7 Å². The number of rotatable bonds is 4. The van der Waals surface area contributed by atoms with Gasteiger partial charge in [0.25, 0.3) is 5.91 Å². The number of aromatic nitrogens is 1. The van der Waals surface area contributed by atoms with Crippen LogP contribution < -0.4 is 5.32 Å². The number of hydrogen-bond acceptors (Lipinski definition) is 4. The minimum atomic E-state index is -3.51. The number of amides is 1. The van der Waals surface area contributed by atoms with Crippen LogP contribution in [0.25, 0.3) is 10.9 Å². The molecule has 128 valence electrons. The first-order valence-electron chi connectivity index (χ1n) is 7.58. The third kappa shape index (κ3) is 3.52. The summed E-state index contributed by atoms with van der Waals surface area (Å²) >= 11 is 0. The second-order valence-corrected chi connectivity index (χ2v) is 7.81. The summed E-state index contributed by atoms with van der Waals surface area (Å²) in [7, 11) is -0.594. The highest BCUT2D eigenvalue weighted by Gasteiger charge is 2.17. The number of hydrogen-bond donors (Lipinski definition) is 1. The van der Waals surface area contributed by atoms with Crippen LogP contribution in [0.4, 0.5) is 5.82 Å². The van der Waals surface area contributed by atoms with Gasteiger partial charge in [0.1, 0.15) is 5.82 Å². The first kappa shape index (κ1) is 17.1. The van der Waals surface area contributed by atoms with E-state index in [0.717, 1.165) is 15.2 Å². The highest BCUT2D eigenvalue weighted by Crippen LogP contribution is 2.17. The number of nitrogens with zero attached hydrogens (tertiary/aromatic N) is 2. The average Bonchev–Trinajstić information content (AvgIpc) is 2.61. The van der Waals surface area contributed by atoms with Gasteiger partial charge in [0.2, 0.25) is 10.0 Å². The Morgan fingerprint density at radius 2 is 1.64 bits per heavy atom. The molecule has 1 N–H and O–H groups in total. The van der Waals surface area contributed by atoms with Gasteiger partial charge >= 0.3 is 0 Å². The summed E-state index contributed by atoms with van der Waals surface area (Å²) in [5, 5.41) is 3.71. The highest BCUT2D eigenvalue weighted by molar-refractivity contribution is 7.89. The fourth-order valence-electron chi connectivity index (χ4n) is 2.31. The number of pyridine rings is 1. The van der Waals surface area contributed by atoms with Gasteiger partial charge in [-0.05, 0) is 42.5 Å². The van der Waals surface area contributed by atoms with E-state index in [0.29, 0.717) is 11.4 Å². The monoisotopic (exact) mass is 355 g/mol. The zero-order valence-electron chi connectivity index (χ0n) is 13.8. The van der Waals surface area contributed by atoms with Crippen molar-refractivity contribution in [3.05, 3.63) is 66.2 Å². The summed E-state index contributed by atoms with van der Waals surface area (Å²) in [5.41, 5.74) is 1.14. The lowest BCUT2D eigenvalue weighted by atomic mass is 10.2. The molecule has 25 heavy (non-hydrogen) atoms. The number of carbonyl (C=O) groups is 1. The first-order valence-corrected chi connectivity index (χ1v) is 9.02. The van der Waals surface area contributed by atoms with Gasteiger partial charge in [-0.1, -0.05) is 18.2 Å². The van der Waals surface area contributed by atoms with Crippen LogP contribution in [-0.2, 0) is 10.0 Å². The molecule has 1 aromatic heterocycles. The van der Waals surface area contributed by atoms with Crippen LogP contribution in [0, 0.1) is 0 Å². The molecule has 0 spiro atoms. The minimum absolute atomic E-state index is 0.137. The molecule has 0 bridgehead atoms. The van der Waals surface area contributed by atoms with Gasteiger partial charge in [0.05, 0.1) is 10.4 Å². The fraction of sp³-hybridized carbons (Fsp3) is 0.111. The molecular formula is C18H17N3O3S. The predicted molar refractivity (Wildman–Crippen MR) is 97.0 cm³/mol. The SMILES string of the molecule is CN(C)S(=O)(=O)c1ccc(C(=O)Nc2ccc3ccccc3n2)cc1. The summed E-state index contributed by atoms with van der Waals surface area (Å²) in [5.74, 6) is 0.0882. The van der Waals surface area contributed by atoms with Crippen molar-refractivity contribution in [3.8, 4) is 0 Å². The molecule has 3 rings (SSSR count). The Kier molecular flexibility index (Phi) is 4.52. The van der Waals surface area contributed by atoms with E-state index in [1.165, 1.54) is 38.4 Å². The molecule has 6 nitrogen and oxygen atoms in total. The van der Waals surface area contributed by atoms with Crippen LogP contribution in [0.5, 0.6) is 0 Å². The van der Waals surface area contributed by atoms with Crippen molar-refractivity contribution in [2.45, 2.75) is 4.90 Å². The van der Waals surface area contributed by atoms with E-state index >= 15 is 0 Å². The maximum atomic E-state index is 12.3. The third-order valence-corrected chi connectivity index (χ3v) is 5.56. The third-order valence-electron chi connectivity index (χ3n) is 3.74. The lowest BCUT2D eigenvalue weighted by Gasteiger charge is -2.11. The summed E-state index contributed by atoms with van der Waals surface area (Å²) in [6.45, 7) is 0. The van der Waals surface area contributed by atoms with Crippen molar-refractivity contribution in [3.63, 3.8) is 0 Å². The second kappa shape index (κ2) is 6.62. The van der Waals surface area contributed by atoms with Gasteiger partial charge in [-0.15, -0.1) is 0 Å². The number of anilines is 1. The van der Waals surface area contributed by atoms with Crippen molar-refractivity contribution in [1.82, 2.24) is 9.29 Å². The van der Waals surface area contributed by atoms with Crippen LogP contribution in [0.1, 0.15) is 10.4 Å². The quantitative estimate of drug-likeness (QED) is 0.780. The van der Waals surface area contributed by atoms with Crippen LogP contribution in [0.3, 0.4) is 0 Å². The molecule has 0 unspecified atom stereocenters. The Hall–Kier alpha value is -2.77. The normalized spacial score (nSPS) is 11.6. The number of carbonyl (C=O) groups excluding carboxylic acids is 1. The number of para-hydroxylation sites is 1. The summed E-state index contributed by atoms with van der Waals surface area (Å²) in [4.78, 5) is 16.9. The van der Waals surface area contributed by atoms with Gasteiger partial charge in [-0.2, -0.15) is 0 Å². The van der Waals surface area contributed by atoms with Crippen LogP contribution in [-0.4, -0.2) is 37.7 Å². The Bertz CT molecular complexity index is 1030. The van der Waals surface area contributed by atoms with Crippen molar-refractivity contribution in [2.75, 3.05) is 19.4 Å². The Morgan fingerprint density at radius 3 is 2.32 bits per heavy atom. The molecule has 0 saturated heterocycles. The fourth-order valence-corrected chi connectivity index (χ4v) is 3.21. The Morgan fingerprint density at radius 1 is 0.960 bits per heavy atom. The Balaban J connectivity index is 1.81. The molecule has 2 aromatic carbocycles. The highest BCUT2D eigenvalue weighted by atomic mass is 32.2. The van der Waals surface area contributed by atoms with E-state index in [1.807, 2.05) is 30.3 Å². The molecule has 0 atom stereocenters. The average molecular weight is 355 g/mol. The van der Waals surface area contributed by atoms with Crippen LogP contribution in [0.2, 0.25) is 0 Å². The summed E-state index contributed by atoms with van der Waals surface area (Å²) in [6.07, 6.45) is 0. The van der Waals surface area contributed by atoms with Crippen LogP contribution in [0.15, 0.2) is 65.6 Å². The molecule has 1 amide bonds. The number of nitrogens with one attached hydrogen (secondary N) is 1.